The zero-order chi connectivity index (χ0) is 58.5. The number of nitrogens with one attached hydrogen (secondary N) is 1. The predicted octanol–water partition coefficient (Wildman–Crippen LogP) is 23.9. The van der Waals surface area contributed by atoms with Crippen LogP contribution in [-0.2, 0) is 14.3 Å². The largest absolute Gasteiger partial charge is 0.466 e. The lowest BCUT2D eigenvalue weighted by Crippen LogP contribution is -2.45. The Morgan fingerprint density at radius 1 is 0.333 bits per heavy atom. The maximum absolute atomic E-state index is 12.5. The first-order chi connectivity index (χ1) is 40.0. The third-order valence-corrected chi connectivity index (χ3v) is 17.1. The average molecular weight is 1140 g/mol. The van der Waals surface area contributed by atoms with Crippen LogP contribution < -0.4 is 5.32 Å². The first kappa shape index (κ1) is 79.1. The summed E-state index contributed by atoms with van der Waals surface area (Å²) in [5.41, 5.74) is 0. The standard InChI is InChI=1S/C75H143NO5/c1-3-5-7-9-11-13-15-17-18-41-45-49-53-57-61-65-69-75(80)81-70-66-62-58-54-50-46-42-39-37-35-33-31-29-27-25-23-21-19-20-22-24-26-28-30-32-34-36-38-40-44-48-52-56-60-64-68-74(79)76-72(71-77)73(78)67-63-59-55-51-47-43-16-14-12-10-8-6-4-2/h18,21,23,41,63,67,72-73,77-78H,3-17,19-20,22,24-40,42-62,64-66,68-71H2,1-2H3,(H,76,79)/b23-21-,41-18-,67-63+. The molecule has 0 rings (SSSR count). The molecule has 0 aliphatic heterocycles. The van der Waals surface area contributed by atoms with Crippen LogP contribution in [0, 0.1) is 0 Å². The highest BCUT2D eigenvalue weighted by Crippen LogP contribution is 2.19. The van der Waals surface area contributed by atoms with Crippen molar-refractivity contribution in [3.05, 3.63) is 36.5 Å². The first-order valence-corrected chi connectivity index (χ1v) is 36.8. The van der Waals surface area contributed by atoms with Gasteiger partial charge in [0, 0.05) is 12.8 Å². The molecule has 3 N–H and O–H groups in total. The van der Waals surface area contributed by atoms with Gasteiger partial charge in [-0.3, -0.25) is 9.59 Å². The Kier molecular flexibility index (Phi) is 68.9. The van der Waals surface area contributed by atoms with Crippen LogP contribution in [0.25, 0.3) is 0 Å². The molecule has 6 nitrogen and oxygen atoms in total. The molecule has 0 spiro atoms. The van der Waals surface area contributed by atoms with E-state index in [1.807, 2.05) is 6.08 Å². The molecule has 0 radical (unpaired) electrons. The molecule has 6 heteroatoms. The first-order valence-electron chi connectivity index (χ1n) is 36.8. The second-order valence-corrected chi connectivity index (χ2v) is 25.3. The van der Waals surface area contributed by atoms with Gasteiger partial charge in [0.1, 0.15) is 0 Å². The van der Waals surface area contributed by atoms with Gasteiger partial charge >= 0.3 is 5.97 Å². The number of allylic oxidation sites excluding steroid dienone is 5. The molecular weight excluding hydrogens is 995 g/mol. The summed E-state index contributed by atoms with van der Waals surface area (Å²) in [6.45, 7) is 4.92. The Labute approximate surface area is 506 Å². The van der Waals surface area contributed by atoms with Gasteiger partial charge in [-0.05, 0) is 83.5 Å². The van der Waals surface area contributed by atoms with Gasteiger partial charge in [-0.2, -0.15) is 0 Å². The molecule has 0 bridgehead atoms. The van der Waals surface area contributed by atoms with Crippen LogP contribution in [0.5, 0.6) is 0 Å². The highest BCUT2D eigenvalue weighted by atomic mass is 16.5. The fraction of sp³-hybridized carbons (Fsp3) is 0.893. The number of ether oxygens (including phenoxy) is 1. The summed E-state index contributed by atoms with van der Waals surface area (Å²) in [5.74, 6) is -0.0500. The molecule has 2 unspecified atom stereocenters. The van der Waals surface area contributed by atoms with Crippen molar-refractivity contribution in [3.63, 3.8) is 0 Å². The van der Waals surface area contributed by atoms with Crippen LogP contribution >= 0.6 is 0 Å². The number of hydrogen-bond donors (Lipinski definition) is 3. The SMILES string of the molecule is CCCCCCCCC/C=C\CCCCCCCC(=O)OCCCCCCCCCCCCCCCC/C=C\CCCCCCCCCCCCCCCCCCCC(=O)NC(CO)C(O)/C=C/CCCCCCCCCCCCC. The molecule has 0 saturated carbocycles. The Bertz CT molecular complexity index is 1310. The van der Waals surface area contributed by atoms with Crippen molar-refractivity contribution in [2.24, 2.45) is 0 Å². The third kappa shape index (κ3) is 67.1. The number of rotatable bonds is 69. The number of hydrogen-bond acceptors (Lipinski definition) is 5. The van der Waals surface area contributed by atoms with Gasteiger partial charge in [-0.25, -0.2) is 0 Å². The van der Waals surface area contributed by atoms with E-state index in [2.05, 4.69) is 43.5 Å². The van der Waals surface area contributed by atoms with Crippen molar-refractivity contribution in [3.8, 4) is 0 Å². The molecule has 0 saturated heterocycles. The van der Waals surface area contributed by atoms with Gasteiger partial charge in [0.2, 0.25) is 5.91 Å². The van der Waals surface area contributed by atoms with Crippen LogP contribution in [-0.4, -0.2) is 47.4 Å². The van der Waals surface area contributed by atoms with E-state index >= 15 is 0 Å². The van der Waals surface area contributed by atoms with E-state index in [-0.39, 0.29) is 18.5 Å². The highest BCUT2D eigenvalue weighted by molar-refractivity contribution is 5.76. The quantitative estimate of drug-likeness (QED) is 0.0320. The van der Waals surface area contributed by atoms with Crippen molar-refractivity contribution in [2.75, 3.05) is 13.2 Å². The Hall–Kier alpha value is -1.92. The molecule has 2 atom stereocenters. The molecule has 81 heavy (non-hydrogen) atoms. The third-order valence-electron chi connectivity index (χ3n) is 17.1. The normalized spacial score (nSPS) is 12.7. The minimum Gasteiger partial charge on any atom is -0.466 e. The fourth-order valence-corrected chi connectivity index (χ4v) is 11.5. The molecule has 0 aromatic heterocycles. The minimum atomic E-state index is -0.841. The molecule has 0 aromatic rings. The van der Waals surface area contributed by atoms with E-state index in [1.54, 1.807) is 6.08 Å². The number of carbonyl (C=O) groups excluding carboxylic acids is 2. The number of unbranched alkanes of at least 4 members (excludes halogenated alkanes) is 54. The van der Waals surface area contributed by atoms with Crippen LogP contribution in [0.2, 0.25) is 0 Å². The van der Waals surface area contributed by atoms with E-state index in [9.17, 15) is 19.8 Å². The van der Waals surface area contributed by atoms with E-state index in [0.717, 1.165) is 44.9 Å². The zero-order valence-corrected chi connectivity index (χ0v) is 54.8. The van der Waals surface area contributed by atoms with E-state index < -0.39 is 12.1 Å². The van der Waals surface area contributed by atoms with Gasteiger partial charge in [-0.1, -0.05) is 346 Å². The molecule has 0 aromatic carbocycles. The van der Waals surface area contributed by atoms with Crippen molar-refractivity contribution < 1.29 is 24.5 Å². The smallest absolute Gasteiger partial charge is 0.305 e. The fourth-order valence-electron chi connectivity index (χ4n) is 11.5. The van der Waals surface area contributed by atoms with Crippen molar-refractivity contribution in [1.29, 1.82) is 0 Å². The van der Waals surface area contributed by atoms with Crippen molar-refractivity contribution in [2.45, 2.75) is 418 Å². The maximum Gasteiger partial charge on any atom is 0.305 e. The molecule has 478 valence electrons. The van der Waals surface area contributed by atoms with Gasteiger partial charge < -0.3 is 20.3 Å². The monoisotopic (exact) mass is 1140 g/mol. The summed E-state index contributed by atoms with van der Waals surface area (Å²) >= 11 is 0. The van der Waals surface area contributed by atoms with Gasteiger partial charge in [0.25, 0.3) is 0 Å². The van der Waals surface area contributed by atoms with Crippen molar-refractivity contribution >= 4 is 11.9 Å². The van der Waals surface area contributed by atoms with E-state index in [4.69, 9.17) is 4.74 Å². The average Bonchev–Trinajstić information content (AvgIpc) is 3.47. The summed E-state index contributed by atoms with van der Waals surface area (Å²) < 4.78 is 5.50. The summed E-state index contributed by atoms with van der Waals surface area (Å²) in [7, 11) is 0. The topological polar surface area (TPSA) is 95.9 Å². The molecular formula is C75H143NO5. The summed E-state index contributed by atoms with van der Waals surface area (Å²) in [5, 5.41) is 23.1. The van der Waals surface area contributed by atoms with Crippen LogP contribution in [0.4, 0.5) is 0 Å². The highest BCUT2D eigenvalue weighted by Gasteiger charge is 2.18. The van der Waals surface area contributed by atoms with Gasteiger partial charge in [-0.15, -0.1) is 0 Å². The molecule has 0 fully saturated rings. The molecule has 0 aliphatic carbocycles. The number of carbonyl (C=O) groups is 2. The van der Waals surface area contributed by atoms with Crippen LogP contribution in [0.15, 0.2) is 36.5 Å². The summed E-state index contributed by atoms with van der Waals surface area (Å²) in [4.78, 5) is 24.6. The Morgan fingerprint density at radius 2 is 0.580 bits per heavy atom. The number of esters is 1. The Balaban J connectivity index is 3.34. The summed E-state index contributed by atoms with van der Waals surface area (Å²) in [6.07, 6.45) is 91.1. The van der Waals surface area contributed by atoms with Gasteiger partial charge in [0.05, 0.1) is 25.4 Å². The van der Waals surface area contributed by atoms with E-state index in [1.165, 1.54) is 334 Å². The maximum atomic E-state index is 12.5. The lowest BCUT2D eigenvalue weighted by atomic mass is 10.0. The Morgan fingerprint density at radius 3 is 0.877 bits per heavy atom. The van der Waals surface area contributed by atoms with Gasteiger partial charge in [0.15, 0.2) is 0 Å². The summed E-state index contributed by atoms with van der Waals surface area (Å²) in [6, 6.07) is -0.624. The number of aliphatic hydroxyl groups is 2. The van der Waals surface area contributed by atoms with Crippen LogP contribution in [0.1, 0.15) is 406 Å². The minimum absolute atomic E-state index is 0.0130. The van der Waals surface area contributed by atoms with Crippen LogP contribution in [0.3, 0.4) is 0 Å². The molecule has 1 amide bonds. The predicted molar refractivity (Wildman–Crippen MR) is 356 cm³/mol. The van der Waals surface area contributed by atoms with Crippen molar-refractivity contribution in [1.82, 2.24) is 5.32 Å². The molecule has 0 heterocycles. The zero-order valence-electron chi connectivity index (χ0n) is 54.8. The lowest BCUT2D eigenvalue weighted by Gasteiger charge is -2.20. The van der Waals surface area contributed by atoms with E-state index in [0.29, 0.717) is 19.4 Å². The number of aliphatic hydroxyl groups excluding tert-OH is 2. The molecule has 0 aliphatic rings. The lowest BCUT2D eigenvalue weighted by molar-refractivity contribution is -0.143. The second kappa shape index (κ2) is 70.6. The number of amides is 1. The second-order valence-electron chi connectivity index (χ2n) is 25.3.